The average Bonchev–Trinajstić information content (AvgIpc) is 2.33. The molecule has 1 aromatic carbocycles. The van der Waals surface area contributed by atoms with Crippen LogP contribution in [0.25, 0.3) is 0 Å². The molecule has 3 nitrogen and oxygen atoms in total. The Kier molecular flexibility index (Phi) is 5.82. The van der Waals surface area contributed by atoms with E-state index in [1.807, 2.05) is 20.8 Å². The van der Waals surface area contributed by atoms with Crippen molar-refractivity contribution in [2.24, 2.45) is 0 Å². The van der Waals surface area contributed by atoms with E-state index in [4.69, 9.17) is 0 Å². The molecular weight excluding hydrogens is 265 g/mol. The lowest BCUT2D eigenvalue weighted by Gasteiger charge is -2.21. The molecule has 5 heteroatoms. The van der Waals surface area contributed by atoms with Crippen molar-refractivity contribution in [3.05, 3.63) is 29.6 Å². The zero-order valence-corrected chi connectivity index (χ0v) is 12.6. The molecule has 0 saturated heterocycles. The van der Waals surface area contributed by atoms with Gasteiger partial charge in [-0.15, -0.1) is 11.8 Å². The number of esters is 1. The number of benzene rings is 1. The summed E-state index contributed by atoms with van der Waals surface area (Å²) in [7, 11) is 1.36. The fraction of sp³-hybridized carbons (Fsp3) is 0.500. The number of halogens is 1. The van der Waals surface area contributed by atoms with Crippen molar-refractivity contribution in [2.45, 2.75) is 37.8 Å². The van der Waals surface area contributed by atoms with Crippen molar-refractivity contribution in [3.63, 3.8) is 0 Å². The van der Waals surface area contributed by atoms with Crippen LogP contribution in [0.5, 0.6) is 0 Å². The predicted molar refractivity (Wildman–Crippen MR) is 75.7 cm³/mol. The summed E-state index contributed by atoms with van der Waals surface area (Å²) in [5.41, 5.74) is 0.806. The summed E-state index contributed by atoms with van der Waals surface area (Å²) < 4.78 is 17.9. The third-order valence-corrected chi connectivity index (χ3v) is 3.49. The molecule has 0 aromatic heterocycles. The monoisotopic (exact) mass is 285 g/mol. The van der Waals surface area contributed by atoms with Crippen molar-refractivity contribution >= 4 is 17.7 Å². The second kappa shape index (κ2) is 6.91. The van der Waals surface area contributed by atoms with Crippen LogP contribution < -0.4 is 5.32 Å². The van der Waals surface area contributed by atoms with E-state index in [1.165, 1.54) is 31.0 Å². The first-order valence-corrected chi connectivity index (χ1v) is 7.03. The number of hydrogen-bond donors (Lipinski definition) is 1. The molecule has 0 saturated carbocycles. The summed E-state index contributed by atoms with van der Waals surface area (Å²) >= 11 is 1.36. The van der Waals surface area contributed by atoms with E-state index >= 15 is 0 Å². The lowest BCUT2D eigenvalue weighted by Crippen LogP contribution is -2.35. The third kappa shape index (κ3) is 6.07. The fourth-order valence-electron chi connectivity index (χ4n) is 1.38. The van der Waals surface area contributed by atoms with Crippen LogP contribution in [-0.2, 0) is 16.1 Å². The molecule has 0 aliphatic carbocycles. The van der Waals surface area contributed by atoms with Crippen LogP contribution in [0.4, 0.5) is 4.39 Å². The molecule has 0 spiro atoms. The zero-order chi connectivity index (χ0) is 14.5. The Bertz CT molecular complexity index is 444. The number of thioether (sulfide) groups is 1. The third-order valence-electron chi connectivity index (χ3n) is 2.40. The summed E-state index contributed by atoms with van der Waals surface area (Å²) in [5, 5.41) is 3.31. The van der Waals surface area contributed by atoms with Gasteiger partial charge in [-0.05, 0) is 44.5 Å². The van der Waals surface area contributed by atoms with Gasteiger partial charge in [0.1, 0.15) is 5.82 Å². The van der Waals surface area contributed by atoms with Gasteiger partial charge >= 0.3 is 5.97 Å². The Balaban J connectivity index is 2.76. The predicted octanol–water partition coefficient (Wildman–Crippen LogP) is 2.98. The van der Waals surface area contributed by atoms with Crippen molar-refractivity contribution < 1.29 is 13.9 Å². The molecule has 0 fully saturated rings. The molecule has 0 radical (unpaired) electrons. The first kappa shape index (κ1) is 16.0. The van der Waals surface area contributed by atoms with E-state index in [2.05, 4.69) is 10.1 Å². The van der Waals surface area contributed by atoms with Gasteiger partial charge in [-0.3, -0.25) is 4.79 Å². The molecule has 0 amide bonds. The van der Waals surface area contributed by atoms with Crippen molar-refractivity contribution in [1.82, 2.24) is 5.32 Å². The molecule has 106 valence electrons. The Morgan fingerprint density at radius 2 is 2.11 bits per heavy atom. The van der Waals surface area contributed by atoms with E-state index < -0.39 is 0 Å². The fourth-order valence-corrected chi connectivity index (χ4v) is 2.25. The van der Waals surface area contributed by atoms with Crippen LogP contribution in [0, 0.1) is 5.82 Å². The molecule has 0 atom stereocenters. The second-order valence-corrected chi connectivity index (χ2v) is 6.24. The van der Waals surface area contributed by atoms with Crippen LogP contribution >= 0.6 is 11.8 Å². The summed E-state index contributed by atoms with van der Waals surface area (Å²) in [6.07, 6.45) is 0. The summed E-state index contributed by atoms with van der Waals surface area (Å²) in [6.45, 7) is 6.71. The number of carbonyl (C=O) groups is 1. The Morgan fingerprint density at radius 3 is 2.68 bits per heavy atom. The van der Waals surface area contributed by atoms with Gasteiger partial charge in [0.05, 0.1) is 12.9 Å². The summed E-state index contributed by atoms with van der Waals surface area (Å²) in [5.74, 6) is -0.331. The second-order valence-electron chi connectivity index (χ2n) is 5.22. The van der Waals surface area contributed by atoms with Gasteiger partial charge in [-0.1, -0.05) is 0 Å². The van der Waals surface area contributed by atoms with Gasteiger partial charge in [0, 0.05) is 17.0 Å². The normalized spacial score (nSPS) is 11.4. The molecule has 1 aromatic rings. The molecule has 0 aliphatic heterocycles. The van der Waals surface area contributed by atoms with Gasteiger partial charge in [-0.25, -0.2) is 4.39 Å². The summed E-state index contributed by atoms with van der Waals surface area (Å²) in [4.78, 5) is 12.0. The molecule has 0 bridgehead atoms. The van der Waals surface area contributed by atoms with Gasteiger partial charge in [0.2, 0.25) is 0 Å². The molecular formula is C14H20FNO2S. The number of ether oxygens (including phenoxy) is 1. The highest BCUT2D eigenvalue weighted by molar-refractivity contribution is 8.00. The highest BCUT2D eigenvalue weighted by Crippen LogP contribution is 2.24. The number of hydrogen-bond acceptors (Lipinski definition) is 4. The molecule has 1 rings (SSSR count). The SMILES string of the molecule is COC(=O)CSc1ccc(F)cc1CNC(C)(C)C. The van der Waals surface area contributed by atoms with Crippen LogP contribution in [0.2, 0.25) is 0 Å². The summed E-state index contributed by atoms with van der Waals surface area (Å²) in [6, 6.07) is 4.60. The van der Waals surface area contributed by atoms with E-state index in [0.29, 0.717) is 6.54 Å². The van der Waals surface area contributed by atoms with E-state index in [1.54, 1.807) is 6.07 Å². The smallest absolute Gasteiger partial charge is 0.315 e. The Labute approximate surface area is 117 Å². The molecule has 1 N–H and O–H groups in total. The van der Waals surface area contributed by atoms with Crippen molar-refractivity contribution in [2.75, 3.05) is 12.9 Å². The maximum Gasteiger partial charge on any atom is 0.315 e. The number of rotatable bonds is 5. The standard InChI is InChI=1S/C14H20FNO2S/c1-14(2,3)16-8-10-7-11(15)5-6-12(10)19-9-13(17)18-4/h5-7,16H,8-9H2,1-4H3. The van der Waals surface area contributed by atoms with E-state index in [0.717, 1.165) is 10.5 Å². The van der Waals surface area contributed by atoms with Crippen molar-refractivity contribution in [1.29, 1.82) is 0 Å². The highest BCUT2D eigenvalue weighted by Gasteiger charge is 2.12. The Morgan fingerprint density at radius 1 is 1.42 bits per heavy atom. The Hall–Kier alpha value is -1.07. The van der Waals surface area contributed by atoms with Crippen LogP contribution in [0.15, 0.2) is 23.1 Å². The molecule has 19 heavy (non-hydrogen) atoms. The maximum absolute atomic E-state index is 13.3. The van der Waals surface area contributed by atoms with Crippen LogP contribution in [0.1, 0.15) is 26.3 Å². The largest absolute Gasteiger partial charge is 0.468 e. The van der Waals surface area contributed by atoms with Crippen molar-refractivity contribution in [3.8, 4) is 0 Å². The van der Waals surface area contributed by atoms with Crippen LogP contribution in [-0.4, -0.2) is 24.4 Å². The molecule has 0 aliphatic rings. The quantitative estimate of drug-likeness (QED) is 0.667. The number of methoxy groups -OCH3 is 1. The van der Waals surface area contributed by atoms with Gasteiger partial charge < -0.3 is 10.1 Å². The highest BCUT2D eigenvalue weighted by atomic mass is 32.2. The number of nitrogens with one attached hydrogen (secondary N) is 1. The van der Waals surface area contributed by atoms with Gasteiger partial charge in [0.15, 0.2) is 0 Å². The average molecular weight is 285 g/mol. The lowest BCUT2D eigenvalue weighted by atomic mass is 10.1. The minimum Gasteiger partial charge on any atom is -0.468 e. The first-order chi connectivity index (χ1) is 8.81. The minimum atomic E-state index is -0.288. The van der Waals surface area contributed by atoms with E-state index in [-0.39, 0.29) is 23.1 Å². The minimum absolute atomic E-state index is 0.0450. The number of carbonyl (C=O) groups excluding carboxylic acids is 1. The van der Waals surface area contributed by atoms with E-state index in [9.17, 15) is 9.18 Å². The lowest BCUT2D eigenvalue weighted by molar-refractivity contribution is -0.137. The maximum atomic E-state index is 13.3. The molecule has 0 unspecified atom stereocenters. The van der Waals surface area contributed by atoms with Crippen LogP contribution in [0.3, 0.4) is 0 Å². The topological polar surface area (TPSA) is 38.3 Å². The molecule has 0 heterocycles. The zero-order valence-electron chi connectivity index (χ0n) is 11.7. The van der Waals surface area contributed by atoms with Gasteiger partial charge in [-0.2, -0.15) is 0 Å². The van der Waals surface area contributed by atoms with Gasteiger partial charge in [0.25, 0.3) is 0 Å². The first-order valence-electron chi connectivity index (χ1n) is 6.05.